The lowest BCUT2D eigenvalue weighted by Gasteiger charge is -2.41. The molecule has 0 spiro atoms. The number of likely N-dealkylation sites (N-methyl/N-ethyl adjacent to an activating group) is 1. The molecule has 174 valence electrons. The number of likely N-dealkylation sites (tertiary alicyclic amines) is 3. The van der Waals surface area contributed by atoms with E-state index in [1.54, 1.807) is 4.90 Å². The fourth-order valence-electron chi connectivity index (χ4n) is 6.35. The van der Waals surface area contributed by atoms with Crippen LogP contribution in [0.15, 0.2) is 60.7 Å². The molecule has 2 aromatic rings. The smallest absolute Gasteiger partial charge is 0.326 e. The maximum absolute atomic E-state index is 14.0. The zero-order valence-electron chi connectivity index (χ0n) is 19.2. The lowest BCUT2D eigenvalue weighted by Crippen LogP contribution is -2.51. The van der Waals surface area contributed by atoms with Crippen LogP contribution in [-0.4, -0.2) is 83.0 Å². The third-order valence-corrected chi connectivity index (χ3v) is 7.84. The number of nitrogens with zero attached hydrogens (tertiary/aromatic N) is 3. The minimum absolute atomic E-state index is 0.0987. The Kier molecular flexibility index (Phi) is 6.21. The van der Waals surface area contributed by atoms with Gasteiger partial charge in [-0.25, -0.2) is 4.79 Å². The van der Waals surface area contributed by atoms with Gasteiger partial charge < -0.3 is 14.9 Å². The monoisotopic (exact) mass is 447 g/mol. The number of fused-ring (bicyclic) bond motifs is 1. The molecule has 1 amide bonds. The summed E-state index contributed by atoms with van der Waals surface area (Å²) in [5, 5.41) is 10.1. The second kappa shape index (κ2) is 9.27. The maximum atomic E-state index is 14.0. The molecular weight excluding hydrogens is 414 g/mol. The van der Waals surface area contributed by atoms with Crippen LogP contribution in [0.5, 0.6) is 0 Å². The molecule has 4 unspecified atom stereocenters. The van der Waals surface area contributed by atoms with E-state index < -0.39 is 17.9 Å². The van der Waals surface area contributed by atoms with Crippen molar-refractivity contribution in [3.63, 3.8) is 0 Å². The number of amides is 1. The van der Waals surface area contributed by atoms with Crippen LogP contribution in [0.2, 0.25) is 0 Å². The molecule has 6 nitrogen and oxygen atoms in total. The topological polar surface area (TPSA) is 64.1 Å². The van der Waals surface area contributed by atoms with Gasteiger partial charge in [-0.3, -0.25) is 9.69 Å². The number of benzene rings is 2. The average molecular weight is 448 g/mol. The second-order valence-corrected chi connectivity index (χ2v) is 9.92. The van der Waals surface area contributed by atoms with E-state index >= 15 is 0 Å². The van der Waals surface area contributed by atoms with Crippen LogP contribution in [0.25, 0.3) is 0 Å². The van der Waals surface area contributed by atoms with Gasteiger partial charge in [0.15, 0.2) is 0 Å². The van der Waals surface area contributed by atoms with Crippen molar-refractivity contribution in [2.45, 2.75) is 43.3 Å². The number of piperidine rings is 1. The molecule has 6 heteroatoms. The van der Waals surface area contributed by atoms with Crippen molar-refractivity contribution in [3.05, 3.63) is 71.8 Å². The standard InChI is InChI=1S/C27H33N3O3/c1-28-16-21-13-8-14-29(24(21)18-28)22-15-23(27(32)33)30(17-22)26(31)25(19-9-4-2-5-10-19)20-11-6-3-7-12-20/h2-7,9-12,21-25H,8,13-18H2,1H3,(H,32,33). The Bertz CT molecular complexity index is 943. The Hall–Kier alpha value is -2.70. The van der Waals surface area contributed by atoms with E-state index in [1.165, 1.54) is 6.42 Å². The number of carboxylic acid groups (broad SMARTS) is 1. The van der Waals surface area contributed by atoms with Crippen LogP contribution in [0.4, 0.5) is 0 Å². The van der Waals surface area contributed by atoms with Crippen LogP contribution >= 0.6 is 0 Å². The highest BCUT2D eigenvalue weighted by molar-refractivity contribution is 5.91. The van der Waals surface area contributed by atoms with Gasteiger partial charge in [-0.15, -0.1) is 0 Å². The first kappa shape index (κ1) is 22.1. The SMILES string of the molecule is CN1CC2CCCN(C3CC(C(=O)O)N(C(=O)C(c4ccccc4)c4ccccc4)C3)C2C1. The van der Waals surface area contributed by atoms with Crippen molar-refractivity contribution in [1.29, 1.82) is 0 Å². The summed E-state index contributed by atoms with van der Waals surface area (Å²) in [6.45, 7) is 3.63. The molecule has 2 aromatic carbocycles. The van der Waals surface area contributed by atoms with Gasteiger partial charge in [0.1, 0.15) is 6.04 Å². The van der Waals surface area contributed by atoms with Crippen LogP contribution in [0.1, 0.15) is 36.3 Å². The first-order valence-electron chi connectivity index (χ1n) is 12.1. The first-order chi connectivity index (χ1) is 16.0. The maximum Gasteiger partial charge on any atom is 0.326 e. The zero-order valence-corrected chi connectivity index (χ0v) is 19.2. The number of hydrogen-bond acceptors (Lipinski definition) is 4. The van der Waals surface area contributed by atoms with Gasteiger partial charge in [-0.2, -0.15) is 0 Å². The molecule has 0 aliphatic carbocycles. The highest BCUT2D eigenvalue weighted by Crippen LogP contribution is 2.36. The molecular formula is C27H33N3O3. The van der Waals surface area contributed by atoms with Crippen LogP contribution in [0.3, 0.4) is 0 Å². The largest absolute Gasteiger partial charge is 0.480 e. The Morgan fingerprint density at radius 3 is 2.18 bits per heavy atom. The van der Waals surface area contributed by atoms with Gasteiger partial charge >= 0.3 is 5.97 Å². The van der Waals surface area contributed by atoms with E-state index in [-0.39, 0.29) is 11.9 Å². The molecule has 0 radical (unpaired) electrons. The van der Waals surface area contributed by atoms with E-state index in [4.69, 9.17) is 0 Å². The summed E-state index contributed by atoms with van der Waals surface area (Å²) in [6.07, 6.45) is 2.89. The molecule has 33 heavy (non-hydrogen) atoms. The molecule has 3 saturated heterocycles. The molecule has 3 aliphatic rings. The average Bonchev–Trinajstić information content (AvgIpc) is 3.44. The highest BCUT2D eigenvalue weighted by atomic mass is 16.4. The summed E-state index contributed by atoms with van der Waals surface area (Å²) in [4.78, 5) is 32.9. The van der Waals surface area contributed by atoms with Gasteiger partial charge in [0.25, 0.3) is 0 Å². The molecule has 0 aromatic heterocycles. The van der Waals surface area contributed by atoms with Crippen LogP contribution < -0.4 is 0 Å². The number of hydrogen-bond donors (Lipinski definition) is 1. The summed E-state index contributed by atoms with van der Waals surface area (Å²) in [5.41, 5.74) is 1.80. The normalized spacial score (nSPS) is 28.2. The van der Waals surface area contributed by atoms with Gasteiger partial charge in [0.05, 0.1) is 5.92 Å². The highest BCUT2D eigenvalue weighted by Gasteiger charge is 2.48. The van der Waals surface area contributed by atoms with Gasteiger partial charge in [0, 0.05) is 31.7 Å². The van der Waals surface area contributed by atoms with Crippen molar-refractivity contribution in [2.75, 3.05) is 33.2 Å². The Balaban J connectivity index is 1.44. The van der Waals surface area contributed by atoms with Gasteiger partial charge in [0.2, 0.25) is 5.91 Å². The molecule has 3 heterocycles. The summed E-state index contributed by atoms with van der Waals surface area (Å²) in [5.74, 6) is -0.861. The van der Waals surface area contributed by atoms with Crippen LogP contribution in [0, 0.1) is 5.92 Å². The summed E-state index contributed by atoms with van der Waals surface area (Å²) in [7, 11) is 2.17. The fourth-order valence-corrected chi connectivity index (χ4v) is 6.35. The van der Waals surface area contributed by atoms with Gasteiger partial charge in [-0.05, 0) is 49.9 Å². The van der Waals surface area contributed by atoms with Crippen molar-refractivity contribution in [2.24, 2.45) is 5.92 Å². The van der Waals surface area contributed by atoms with Crippen molar-refractivity contribution >= 4 is 11.9 Å². The molecule has 0 saturated carbocycles. The van der Waals surface area contributed by atoms with Crippen molar-refractivity contribution in [3.8, 4) is 0 Å². The van der Waals surface area contributed by atoms with Crippen LogP contribution in [-0.2, 0) is 9.59 Å². The third-order valence-electron chi connectivity index (χ3n) is 7.84. The molecule has 1 N–H and O–H groups in total. The van der Waals surface area contributed by atoms with E-state index in [0.29, 0.717) is 24.9 Å². The molecule has 3 fully saturated rings. The van der Waals surface area contributed by atoms with E-state index in [9.17, 15) is 14.7 Å². The number of aliphatic carboxylic acids is 1. The lowest BCUT2D eigenvalue weighted by molar-refractivity contribution is -0.148. The predicted molar refractivity (Wildman–Crippen MR) is 127 cm³/mol. The third kappa shape index (κ3) is 4.30. The first-order valence-corrected chi connectivity index (χ1v) is 12.1. The number of carboxylic acids is 1. The lowest BCUT2D eigenvalue weighted by atomic mass is 9.90. The molecule has 3 aliphatic heterocycles. The second-order valence-electron chi connectivity index (χ2n) is 9.92. The van der Waals surface area contributed by atoms with Gasteiger partial charge in [-0.1, -0.05) is 60.7 Å². The summed E-state index contributed by atoms with van der Waals surface area (Å²) in [6, 6.07) is 19.2. The number of carbonyl (C=O) groups excluding carboxylic acids is 1. The number of rotatable bonds is 5. The quantitative estimate of drug-likeness (QED) is 0.764. The summed E-state index contributed by atoms with van der Waals surface area (Å²) >= 11 is 0. The Labute approximate surface area is 195 Å². The minimum Gasteiger partial charge on any atom is -0.480 e. The minimum atomic E-state index is -0.900. The number of carbonyl (C=O) groups is 2. The van der Waals surface area contributed by atoms with Crippen molar-refractivity contribution in [1.82, 2.24) is 14.7 Å². The summed E-state index contributed by atoms with van der Waals surface area (Å²) < 4.78 is 0. The molecule has 0 bridgehead atoms. The predicted octanol–water partition coefficient (Wildman–Crippen LogP) is 2.90. The fraction of sp³-hybridized carbons (Fsp3) is 0.481. The Morgan fingerprint density at radius 2 is 1.58 bits per heavy atom. The Morgan fingerprint density at radius 1 is 0.939 bits per heavy atom. The van der Waals surface area contributed by atoms with E-state index in [2.05, 4.69) is 16.8 Å². The molecule has 4 atom stereocenters. The van der Waals surface area contributed by atoms with E-state index in [0.717, 1.165) is 37.2 Å². The van der Waals surface area contributed by atoms with E-state index in [1.807, 2.05) is 60.7 Å². The zero-order chi connectivity index (χ0) is 22.9. The van der Waals surface area contributed by atoms with Crippen molar-refractivity contribution < 1.29 is 14.7 Å². The molecule has 5 rings (SSSR count).